The Morgan fingerprint density at radius 2 is 0.596 bits per heavy atom. The lowest BCUT2D eigenvalue weighted by molar-refractivity contribution is -0.143. The van der Waals surface area contributed by atoms with Gasteiger partial charge in [0.1, 0.15) is 46.1 Å². The van der Waals surface area contributed by atoms with Gasteiger partial charge in [-0.15, -0.1) is 11.8 Å². The number of aryl methyl sites for hydroxylation is 3. The molecule has 5 aromatic carbocycles. The highest BCUT2D eigenvalue weighted by Gasteiger charge is 2.29. The van der Waals surface area contributed by atoms with Crippen molar-refractivity contribution < 1.29 is 45.3 Å². The van der Waals surface area contributed by atoms with Crippen molar-refractivity contribution in [2.24, 2.45) is 0 Å². The number of phenolic OH excluding ortho intramolecular Hbond substituents is 7. The van der Waals surface area contributed by atoms with Gasteiger partial charge >= 0.3 is 5.97 Å². The summed E-state index contributed by atoms with van der Waals surface area (Å²) in [5.74, 6) is 8.21. The minimum atomic E-state index is -0.197. The highest BCUT2D eigenvalue weighted by Crippen LogP contribution is 2.43. The molecule has 0 aliphatic carbocycles. The molecule has 0 bridgehead atoms. The largest absolute Gasteiger partial charge is 0.508 e. The number of thioether (sulfide) groups is 4. The average Bonchev–Trinajstić information content (AvgIpc) is 0.785. The normalized spacial score (nSPS) is 11.3. The summed E-state index contributed by atoms with van der Waals surface area (Å²) < 4.78 is 5.54. The van der Waals surface area contributed by atoms with Crippen LogP contribution in [0.2, 0.25) is 0 Å². The first kappa shape index (κ1) is 133. The molecule has 0 amide bonds. The number of aromatic nitrogens is 3. The third kappa shape index (κ3) is 66.4. The number of benzene rings is 5. The summed E-state index contributed by atoms with van der Waals surface area (Å²) in [7, 11) is 0. The summed E-state index contributed by atoms with van der Waals surface area (Å²) in [6, 6.07) is 21.5. The SMILES string of the molecule is C.C.CCC.CCCCCCCCCCCCCCCCCCOC(=O)Cc1cc(C(C)(C)C)c(O)c(C(C)(C)C)c1.CCCCCCCCCCCCCSc1cc(C)c(O)c(CSCCCCCCCCCCCC)c1.CCCCCCCCSc1nc(Cc2cc(C(C)(C)C)c(O)c(C(C)(C)C)c2)nc(SCCCCCCCC)n1.Cc1cc(O)ccc1O.Cc1cc(O)ccc1O. The maximum absolute atomic E-state index is 12.5. The Morgan fingerprint density at radius 1 is 0.316 bits per heavy atom. The molecule has 782 valence electrons. The number of hydrogen-bond donors (Lipinski definition) is 7. The van der Waals surface area contributed by atoms with Gasteiger partial charge in [-0.2, -0.15) is 16.7 Å². The molecule has 0 fully saturated rings. The number of carbonyl (C=O) groups excluding carboxylic acids is 1. The Labute approximate surface area is 854 Å². The molecule has 1 aromatic heterocycles. The fourth-order valence-electron chi connectivity index (χ4n) is 15.9. The van der Waals surface area contributed by atoms with E-state index in [0.29, 0.717) is 41.4 Å². The number of nitrogens with zero attached hydrogens (tertiary/aromatic N) is 3. The molecule has 0 aliphatic heterocycles. The molecule has 0 atom stereocenters. The minimum absolute atomic E-state index is 0. The molecule has 6 rings (SSSR count). The number of esters is 1. The predicted molar refractivity (Wildman–Crippen MR) is 603 cm³/mol. The second-order valence-electron chi connectivity index (χ2n) is 42.0. The van der Waals surface area contributed by atoms with Crippen molar-refractivity contribution in [2.75, 3.05) is 29.6 Å². The summed E-state index contributed by atoms with van der Waals surface area (Å²) in [4.78, 5) is 28.5. The van der Waals surface area contributed by atoms with Gasteiger partial charge in [-0.25, -0.2) is 9.97 Å². The molecule has 136 heavy (non-hydrogen) atoms. The monoisotopic (exact) mass is 1960 g/mol. The molecule has 0 radical (unpaired) electrons. The van der Waals surface area contributed by atoms with Crippen LogP contribution in [0.1, 0.15) is 529 Å². The van der Waals surface area contributed by atoms with Crippen molar-refractivity contribution in [3.63, 3.8) is 0 Å². The molecule has 0 unspecified atom stereocenters. The van der Waals surface area contributed by atoms with Gasteiger partial charge in [0.25, 0.3) is 0 Å². The van der Waals surface area contributed by atoms with E-state index in [1.807, 2.05) is 35.7 Å². The summed E-state index contributed by atoms with van der Waals surface area (Å²) in [5, 5.41) is 69.8. The topological polar surface area (TPSA) is 207 Å². The van der Waals surface area contributed by atoms with E-state index in [4.69, 9.17) is 40.1 Å². The van der Waals surface area contributed by atoms with Gasteiger partial charge in [-0.05, 0) is 185 Å². The van der Waals surface area contributed by atoms with Crippen LogP contribution in [0, 0.1) is 20.8 Å². The predicted octanol–water partition coefficient (Wildman–Crippen LogP) is 38.8. The maximum Gasteiger partial charge on any atom is 0.310 e. The third-order valence-electron chi connectivity index (χ3n) is 24.3. The Hall–Kier alpha value is -5.42. The van der Waals surface area contributed by atoms with Crippen molar-refractivity contribution in [1.29, 1.82) is 0 Å². The highest BCUT2D eigenvalue weighted by molar-refractivity contribution is 8.00. The van der Waals surface area contributed by atoms with Crippen LogP contribution in [0.3, 0.4) is 0 Å². The van der Waals surface area contributed by atoms with E-state index in [1.54, 1.807) is 37.4 Å². The zero-order chi connectivity index (χ0) is 99.9. The van der Waals surface area contributed by atoms with Crippen LogP contribution in [0.4, 0.5) is 0 Å². The Morgan fingerprint density at radius 3 is 0.890 bits per heavy atom. The quantitative estimate of drug-likeness (QED) is 0.00820. The zero-order valence-corrected chi connectivity index (χ0v) is 93.1. The number of carbonyl (C=O) groups is 1. The first-order valence-electron chi connectivity index (χ1n) is 53.8. The van der Waals surface area contributed by atoms with Gasteiger partial charge in [0.2, 0.25) is 0 Å². The van der Waals surface area contributed by atoms with Gasteiger partial charge < -0.3 is 40.5 Å². The van der Waals surface area contributed by atoms with Gasteiger partial charge in [0, 0.05) is 34.1 Å². The molecule has 16 heteroatoms. The summed E-state index contributed by atoms with van der Waals surface area (Å²) in [6.07, 6.45) is 68.5. The van der Waals surface area contributed by atoms with Crippen molar-refractivity contribution in [2.45, 2.75) is 544 Å². The zero-order valence-electron chi connectivity index (χ0n) is 89.9. The van der Waals surface area contributed by atoms with Gasteiger partial charge in [-0.1, -0.05) is 483 Å². The van der Waals surface area contributed by atoms with E-state index >= 15 is 0 Å². The number of phenols is 7. The van der Waals surface area contributed by atoms with E-state index in [1.165, 1.54) is 361 Å². The fraction of sp³-hybridized carbons (Fsp3) is 0.717. The van der Waals surface area contributed by atoms with Crippen LogP contribution in [0.5, 0.6) is 40.2 Å². The molecule has 6 aromatic rings. The van der Waals surface area contributed by atoms with Crippen LogP contribution in [-0.4, -0.2) is 86.3 Å². The van der Waals surface area contributed by atoms with Crippen molar-refractivity contribution in [3.8, 4) is 40.2 Å². The lowest BCUT2D eigenvalue weighted by Crippen LogP contribution is -2.19. The van der Waals surface area contributed by atoms with Crippen LogP contribution in [0.25, 0.3) is 0 Å². The number of aromatic hydroxyl groups is 7. The molecule has 0 spiro atoms. The molecule has 1 heterocycles. The number of unbranched alkanes of at least 4 members (excludes halogenated alkanes) is 44. The number of rotatable bonds is 63. The smallest absolute Gasteiger partial charge is 0.310 e. The van der Waals surface area contributed by atoms with Crippen LogP contribution in [-0.2, 0) is 49.8 Å². The van der Waals surface area contributed by atoms with E-state index in [0.717, 1.165) is 90.7 Å². The molecule has 0 saturated heterocycles. The summed E-state index contributed by atoms with van der Waals surface area (Å²) >= 11 is 7.53. The van der Waals surface area contributed by atoms with E-state index < -0.39 is 0 Å². The highest BCUT2D eigenvalue weighted by atomic mass is 32.2. The number of hydrogen-bond acceptors (Lipinski definition) is 16. The van der Waals surface area contributed by atoms with Crippen molar-refractivity contribution in [1.82, 2.24) is 15.0 Å². The molecule has 0 aliphatic rings. The Balaban J connectivity index is 0. The number of ether oxygens (including phenoxy) is 1. The Kier molecular flexibility index (Phi) is 79.0. The first-order chi connectivity index (χ1) is 63.9. The van der Waals surface area contributed by atoms with E-state index in [2.05, 4.69) is 163 Å². The van der Waals surface area contributed by atoms with Gasteiger partial charge in [0.05, 0.1) is 13.0 Å². The molecule has 12 nitrogen and oxygen atoms in total. The average molecular weight is 1970 g/mol. The summed E-state index contributed by atoms with van der Waals surface area (Å²) in [6.45, 7) is 47.2. The second-order valence-corrected chi connectivity index (χ2v) is 46.4. The summed E-state index contributed by atoms with van der Waals surface area (Å²) in [5.41, 5.74) is 8.66. The lowest BCUT2D eigenvalue weighted by Gasteiger charge is -2.28. The van der Waals surface area contributed by atoms with E-state index in [9.17, 15) is 20.1 Å². The van der Waals surface area contributed by atoms with Gasteiger partial charge in [-0.3, -0.25) is 4.79 Å². The Bertz CT molecular complexity index is 3780. The molecular weight excluding hydrogens is 1760 g/mol. The second kappa shape index (κ2) is 81.0. The van der Waals surface area contributed by atoms with Gasteiger partial charge in [0.15, 0.2) is 10.3 Å². The van der Waals surface area contributed by atoms with E-state index in [-0.39, 0.29) is 71.9 Å². The van der Waals surface area contributed by atoms with Crippen molar-refractivity contribution >= 4 is 53.0 Å². The molecular formula is C120H209N3O9S4. The van der Waals surface area contributed by atoms with Crippen LogP contribution in [0.15, 0.2) is 88.0 Å². The van der Waals surface area contributed by atoms with Crippen molar-refractivity contribution in [3.05, 3.63) is 134 Å². The maximum atomic E-state index is 12.5. The lowest BCUT2D eigenvalue weighted by atomic mass is 9.78. The molecule has 0 saturated carbocycles. The first-order valence-corrected chi connectivity index (χ1v) is 57.9. The molecule has 7 N–H and O–H groups in total. The minimum Gasteiger partial charge on any atom is -0.508 e. The fourth-order valence-corrected chi connectivity index (χ4v) is 19.7. The van der Waals surface area contributed by atoms with Crippen LogP contribution < -0.4 is 0 Å². The van der Waals surface area contributed by atoms with Crippen LogP contribution >= 0.6 is 47.0 Å². The third-order valence-corrected chi connectivity index (χ3v) is 28.3. The standard InChI is InChI=1S/C34H57N3OS2.C34H60O3.C33H60OS2.2C7H8O2.C3H8.2CH4/c1-9-11-13-15-17-19-21-39-31-35-29(36-32(37-31)40-22-20-18-16-14-12-10-2)25-26-23-27(33(3,4)5)30(38)28(24-26)34(6,7)8;1-8-9-10-11-12-13-14-15-16-17-18-19-20-21-22-23-24-37-31(35)27-28-25-29(33(2,3)4)32(36)30(26-28)34(5,6)7;1-4-6-8-10-12-14-16-18-20-22-24-26-36-32-27-30(3)33(34)31(28-32)29-35-25-23-21-19-17-15-13-11-9-7-5-2;2*1-5-4-6(8)2-3-7(5)9;1-3-2;;/h23-24,38H,9-22,25H2,1-8H3;25-26,36H,8-24,27H2,1-7H3;27-28,34H,4-26,29H2,1-3H3;2*2-4,8-9H,1H3;3H2,1-2H3;2*1H4.